The third kappa shape index (κ3) is 4.21. The molecule has 0 aliphatic carbocycles. The van der Waals surface area contributed by atoms with E-state index in [0.29, 0.717) is 39.4 Å². The minimum atomic E-state index is -0.0402. The normalized spacial score (nSPS) is 19.5. The molecule has 1 fully saturated rings. The second kappa shape index (κ2) is 5.90. The molecule has 1 amide bonds. The Morgan fingerprint density at radius 3 is 2.54 bits per heavy atom. The first kappa shape index (κ1) is 10.4. The number of carbonyl (C=O) groups excluding carboxylic acids is 1. The van der Waals surface area contributed by atoms with Gasteiger partial charge in [0.05, 0.1) is 32.5 Å². The summed E-state index contributed by atoms with van der Waals surface area (Å²) in [5, 5.41) is 2.79. The molecular formula is C8H16N2O3. The summed E-state index contributed by atoms with van der Waals surface area (Å²) in [6.07, 6.45) is 0.358. The standard InChI is InChI=1S/C8H16N2O3/c9-2-1-8(11)10-7-5-12-3-4-13-6-7/h7H,1-6,9H2,(H,10,11). The average molecular weight is 188 g/mol. The van der Waals surface area contributed by atoms with Crippen LogP contribution in [-0.2, 0) is 14.3 Å². The number of carbonyl (C=O) groups is 1. The highest BCUT2D eigenvalue weighted by Gasteiger charge is 2.14. The zero-order chi connectivity index (χ0) is 9.52. The summed E-state index contributed by atoms with van der Waals surface area (Å²) in [7, 11) is 0. The summed E-state index contributed by atoms with van der Waals surface area (Å²) < 4.78 is 10.4. The molecule has 1 rings (SSSR count). The van der Waals surface area contributed by atoms with E-state index in [1.165, 1.54) is 0 Å². The molecule has 5 heteroatoms. The van der Waals surface area contributed by atoms with Crippen LogP contribution in [0, 0.1) is 0 Å². The van der Waals surface area contributed by atoms with E-state index < -0.39 is 0 Å². The van der Waals surface area contributed by atoms with E-state index in [0.717, 1.165) is 0 Å². The van der Waals surface area contributed by atoms with Gasteiger partial charge < -0.3 is 20.5 Å². The van der Waals surface area contributed by atoms with Crippen molar-refractivity contribution in [1.29, 1.82) is 0 Å². The van der Waals surface area contributed by atoms with Gasteiger partial charge in [-0.05, 0) is 0 Å². The van der Waals surface area contributed by atoms with Crippen LogP contribution in [0.3, 0.4) is 0 Å². The predicted molar refractivity (Wildman–Crippen MR) is 47.2 cm³/mol. The first-order valence-electron chi connectivity index (χ1n) is 4.48. The van der Waals surface area contributed by atoms with Crippen molar-refractivity contribution in [3.63, 3.8) is 0 Å². The highest BCUT2D eigenvalue weighted by atomic mass is 16.5. The fraction of sp³-hybridized carbons (Fsp3) is 0.875. The van der Waals surface area contributed by atoms with Gasteiger partial charge in [0.1, 0.15) is 0 Å². The quantitative estimate of drug-likeness (QED) is 0.587. The number of rotatable bonds is 3. The highest BCUT2D eigenvalue weighted by Crippen LogP contribution is 1.95. The average Bonchev–Trinajstić information content (AvgIpc) is 2.33. The maximum Gasteiger partial charge on any atom is 0.221 e. The minimum absolute atomic E-state index is 0.0263. The Hall–Kier alpha value is -0.650. The zero-order valence-electron chi connectivity index (χ0n) is 7.62. The van der Waals surface area contributed by atoms with Crippen LogP contribution in [0.15, 0.2) is 0 Å². The van der Waals surface area contributed by atoms with Gasteiger partial charge in [-0.3, -0.25) is 4.79 Å². The molecule has 13 heavy (non-hydrogen) atoms. The van der Waals surface area contributed by atoms with Gasteiger partial charge in [-0.25, -0.2) is 0 Å². The topological polar surface area (TPSA) is 73.6 Å². The van der Waals surface area contributed by atoms with Crippen LogP contribution < -0.4 is 11.1 Å². The lowest BCUT2D eigenvalue weighted by Crippen LogP contribution is -2.41. The summed E-state index contributed by atoms with van der Waals surface area (Å²) in [6.45, 7) is 2.62. The van der Waals surface area contributed by atoms with Gasteiger partial charge in [0.2, 0.25) is 5.91 Å². The summed E-state index contributed by atoms with van der Waals surface area (Å²) >= 11 is 0. The van der Waals surface area contributed by atoms with E-state index in [2.05, 4.69) is 5.32 Å². The van der Waals surface area contributed by atoms with Crippen LogP contribution in [-0.4, -0.2) is 44.9 Å². The molecule has 1 saturated heterocycles. The maximum absolute atomic E-state index is 11.1. The molecule has 1 heterocycles. The SMILES string of the molecule is NCCC(=O)NC1COCCOC1. The second-order valence-corrected chi connectivity index (χ2v) is 2.95. The second-order valence-electron chi connectivity index (χ2n) is 2.95. The fourth-order valence-corrected chi connectivity index (χ4v) is 1.13. The van der Waals surface area contributed by atoms with E-state index in [1.54, 1.807) is 0 Å². The number of nitrogens with two attached hydrogens (primary N) is 1. The smallest absolute Gasteiger partial charge is 0.221 e. The van der Waals surface area contributed by atoms with Gasteiger partial charge in [0.25, 0.3) is 0 Å². The first-order chi connectivity index (χ1) is 6.33. The lowest BCUT2D eigenvalue weighted by atomic mass is 10.3. The number of nitrogens with one attached hydrogen (secondary N) is 1. The number of ether oxygens (including phenoxy) is 2. The molecule has 3 N–H and O–H groups in total. The van der Waals surface area contributed by atoms with Crippen LogP contribution in [0.1, 0.15) is 6.42 Å². The summed E-state index contributed by atoms with van der Waals surface area (Å²) in [5.74, 6) is -0.0402. The number of amides is 1. The Kier molecular flexibility index (Phi) is 4.74. The molecule has 0 aromatic heterocycles. The van der Waals surface area contributed by atoms with Crippen molar-refractivity contribution < 1.29 is 14.3 Å². The van der Waals surface area contributed by atoms with E-state index >= 15 is 0 Å². The Morgan fingerprint density at radius 2 is 2.00 bits per heavy atom. The van der Waals surface area contributed by atoms with Gasteiger partial charge >= 0.3 is 0 Å². The first-order valence-corrected chi connectivity index (χ1v) is 4.48. The summed E-state index contributed by atoms with van der Waals surface area (Å²) in [4.78, 5) is 11.1. The Bertz CT molecular complexity index is 155. The van der Waals surface area contributed by atoms with Crippen molar-refractivity contribution in [2.75, 3.05) is 33.0 Å². The molecule has 5 nitrogen and oxygen atoms in total. The van der Waals surface area contributed by atoms with E-state index in [-0.39, 0.29) is 11.9 Å². The fourth-order valence-electron chi connectivity index (χ4n) is 1.13. The molecule has 0 radical (unpaired) electrons. The largest absolute Gasteiger partial charge is 0.377 e. The van der Waals surface area contributed by atoms with Gasteiger partial charge in [-0.15, -0.1) is 0 Å². The predicted octanol–water partition coefficient (Wildman–Crippen LogP) is -1.13. The molecule has 0 saturated carbocycles. The van der Waals surface area contributed by atoms with Crippen molar-refractivity contribution >= 4 is 5.91 Å². The van der Waals surface area contributed by atoms with Crippen LogP contribution in [0.4, 0.5) is 0 Å². The monoisotopic (exact) mass is 188 g/mol. The van der Waals surface area contributed by atoms with E-state index in [9.17, 15) is 4.79 Å². The third-order valence-corrected chi connectivity index (χ3v) is 1.75. The van der Waals surface area contributed by atoms with E-state index in [4.69, 9.17) is 15.2 Å². The number of hydrogen-bond acceptors (Lipinski definition) is 4. The lowest BCUT2D eigenvalue weighted by molar-refractivity contribution is -0.122. The van der Waals surface area contributed by atoms with Crippen LogP contribution in [0.25, 0.3) is 0 Å². The summed E-state index contributed by atoms with van der Waals surface area (Å²) in [6, 6.07) is -0.0263. The molecule has 1 aliphatic rings. The van der Waals surface area contributed by atoms with Gasteiger partial charge in [0, 0.05) is 13.0 Å². The summed E-state index contributed by atoms with van der Waals surface area (Å²) in [5.41, 5.74) is 5.24. The van der Waals surface area contributed by atoms with Crippen molar-refractivity contribution in [3.8, 4) is 0 Å². The lowest BCUT2D eigenvalue weighted by Gasteiger charge is -2.14. The molecule has 0 spiro atoms. The molecule has 76 valence electrons. The molecule has 0 unspecified atom stereocenters. The van der Waals surface area contributed by atoms with Crippen LogP contribution >= 0.6 is 0 Å². The molecule has 0 bridgehead atoms. The highest BCUT2D eigenvalue weighted by molar-refractivity contribution is 5.76. The van der Waals surface area contributed by atoms with Crippen molar-refractivity contribution in [2.45, 2.75) is 12.5 Å². The van der Waals surface area contributed by atoms with Gasteiger partial charge in [-0.1, -0.05) is 0 Å². The van der Waals surface area contributed by atoms with Crippen molar-refractivity contribution in [3.05, 3.63) is 0 Å². The van der Waals surface area contributed by atoms with Crippen molar-refractivity contribution in [1.82, 2.24) is 5.32 Å². The van der Waals surface area contributed by atoms with Crippen LogP contribution in [0.5, 0.6) is 0 Å². The minimum Gasteiger partial charge on any atom is -0.377 e. The molecule has 0 aromatic rings. The zero-order valence-corrected chi connectivity index (χ0v) is 7.62. The van der Waals surface area contributed by atoms with Crippen molar-refractivity contribution in [2.24, 2.45) is 5.73 Å². The van der Waals surface area contributed by atoms with Gasteiger partial charge in [0.15, 0.2) is 0 Å². The Balaban J connectivity index is 2.21. The van der Waals surface area contributed by atoms with E-state index in [1.807, 2.05) is 0 Å². The molecular weight excluding hydrogens is 172 g/mol. The Morgan fingerprint density at radius 1 is 1.38 bits per heavy atom. The van der Waals surface area contributed by atoms with Crippen LogP contribution in [0.2, 0.25) is 0 Å². The van der Waals surface area contributed by atoms with Gasteiger partial charge in [-0.2, -0.15) is 0 Å². The molecule has 1 aliphatic heterocycles. The number of hydrogen-bond donors (Lipinski definition) is 2. The Labute approximate surface area is 77.6 Å². The maximum atomic E-state index is 11.1. The molecule has 0 aromatic carbocycles. The molecule has 0 atom stereocenters. The third-order valence-electron chi connectivity index (χ3n) is 1.75.